The molecule has 35 heavy (non-hydrogen) atoms. The van der Waals surface area contributed by atoms with Gasteiger partial charge in [-0.2, -0.15) is 0 Å². The third-order valence-corrected chi connectivity index (χ3v) is 6.84. The normalized spacial score (nSPS) is 14.4. The largest absolute Gasteiger partial charge is 0.351 e. The minimum absolute atomic E-state index is 0.0597. The first-order chi connectivity index (χ1) is 16.8. The van der Waals surface area contributed by atoms with Gasteiger partial charge in [-0.05, 0) is 89.1 Å². The Balaban J connectivity index is 1.88. The molecule has 2 amide bonds. The predicted molar refractivity (Wildman–Crippen MR) is 142 cm³/mol. The number of nitrogens with one attached hydrogen (secondary N) is 1. The van der Waals surface area contributed by atoms with Crippen LogP contribution in [0.5, 0.6) is 0 Å². The van der Waals surface area contributed by atoms with E-state index in [1.165, 1.54) is 12.8 Å². The number of fused-ring (bicyclic) bond motifs is 1. The van der Waals surface area contributed by atoms with Gasteiger partial charge in [0.15, 0.2) is 0 Å². The summed E-state index contributed by atoms with van der Waals surface area (Å²) >= 11 is 0. The van der Waals surface area contributed by atoms with Gasteiger partial charge in [-0.15, -0.1) is 0 Å². The Kier molecular flexibility index (Phi) is 10.1. The van der Waals surface area contributed by atoms with E-state index in [2.05, 4.69) is 42.9 Å². The van der Waals surface area contributed by atoms with Gasteiger partial charge in [-0.3, -0.25) is 9.59 Å². The minimum Gasteiger partial charge on any atom is -0.351 e. The monoisotopic (exact) mass is 483 g/mol. The first-order valence-corrected chi connectivity index (χ1v) is 13.6. The zero-order valence-electron chi connectivity index (χ0n) is 22.5. The standard InChI is InChI=1S/C28H45N5O2/c1-6-29-27(34)26-24(10-9-17-31-15-7-8-16-31)33-20-23(11-12-25(33)30-26)28(35)32(18-13-21(2)3)19-14-22(4)5/h11-12,20-22H,6-10,13-19H2,1-5H3,(H,29,34). The molecule has 194 valence electrons. The summed E-state index contributed by atoms with van der Waals surface area (Å²) in [7, 11) is 0. The molecule has 3 heterocycles. The molecule has 0 atom stereocenters. The number of rotatable bonds is 13. The summed E-state index contributed by atoms with van der Waals surface area (Å²) < 4.78 is 1.98. The van der Waals surface area contributed by atoms with Crippen LogP contribution in [0.1, 0.15) is 93.3 Å². The van der Waals surface area contributed by atoms with Crippen molar-refractivity contribution in [2.24, 2.45) is 11.8 Å². The number of amides is 2. The van der Waals surface area contributed by atoms with E-state index in [4.69, 9.17) is 0 Å². The number of carbonyl (C=O) groups excluding carboxylic acids is 2. The van der Waals surface area contributed by atoms with Crippen LogP contribution in [0.15, 0.2) is 18.3 Å². The molecule has 1 saturated heterocycles. The van der Waals surface area contributed by atoms with Crippen molar-refractivity contribution in [3.63, 3.8) is 0 Å². The van der Waals surface area contributed by atoms with E-state index in [1.807, 2.05) is 34.6 Å². The molecule has 0 radical (unpaired) electrons. The summed E-state index contributed by atoms with van der Waals surface area (Å²) in [6.45, 7) is 16.1. The van der Waals surface area contributed by atoms with Crippen molar-refractivity contribution in [3.8, 4) is 0 Å². The Bertz CT molecular complexity index is 963. The molecule has 7 heteroatoms. The summed E-state index contributed by atoms with van der Waals surface area (Å²) in [5.41, 5.74) is 2.76. The zero-order valence-corrected chi connectivity index (χ0v) is 22.5. The molecule has 0 unspecified atom stereocenters. The topological polar surface area (TPSA) is 70.0 Å². The van der Waals surface area contributed by atoms with Crippen molar-refractivity contribution in [2.75, 3.05) is 39.3 Å². The van der Waals surface area contributed by atoms with Crippen molar-refractivity contribution in [1.29, 1.82) is 0 Å². The van der Waals surface area contributed by atoms with E-state index in [0.29, 0.717) is 29.6 Å². The van der Waals surface area contributed by atoms with Crippen LogP contribution < -0.4 is 5.32 Å². The molecular formula is C28H45N5O2. The number of carbonyl (C=O) groups is 2. The fourth-order valence-corrected chi connectivity index (χ4v) is 4.69. The molecule has 1 aliphatic rings. The molecule has 0 aromatic carbocycles. The number of hydrogen-bond acceptors (Lipinski definition) is 4. The Hall–Kier alpha value is -2.41. The molecule has 1 aliphatic heterocycles. The van der Waals surface area contributed by atoms with Gasteiger partial charge < -0.3 is 19.5 Å². The average molecular weight is 484 g/mol. The molecule has 3 rings (SSSR count). The lowest BCUT2D eigenvalue weighted by Gasteiger charge is -2.24. The Morgan fingerprint density at radius 3 is 2.31 bits per heavy atom. The van der Waals surface area contributed by atoms with Crippen LogP contribution in [0, 0.1) is 11.8 Å². The number of likely N-dealkylation sites (tertiary alicyclic amines) is 1. The molecule has 0 aliphatic carbocycles. The number of aryl methyl sites for hydroxylation is 1. The Morgan fingerprint density at radius 2 is 1.71 bits per heavy atom. The van der Waals surface area contributed by atoms with Gasteiger partial charge in [0.05, 0.1) is 11.3 Å². The lowest BCUT2D eigenvalue weighted by Crippen LogP contribution is -2.34. The highest BCUT2D eigenvalue weighted by Gasteiger charge is 2.22. The highest BCUT2D eigenvalue weighted by Crippen LogP contribution is 2.19. The SMILES string of the molecule is CCNC(=O)c1nc2ccc(C(=O)N(CCC(C)C)CCC(C)C)cn2c1CCCN1CCCC1. The molecule has 2 aromatic rings. The van der Waals surface area contributed by atoms with Gasteiger partial charge >= 0.3 is 0 Å². The van der Waals surface area contributed by atoms with Crippen molar-refractivity contribution >= 4 is 17.5 Å². The first kappa shape index (κ1) is 27.2. The van der Waals surface area contributed by atoms with E-state index in [1.54, 1.807) is 0 Å². The smallest absolute Gasteiger partial charge is 0.271 e. The zero-order chi connectivity index (χ0) is 25.4. The molecule has 1 N–H and O–H groups in total. The van der Waals surface area contributed by atoms with Gasteiger partial charge in [0, 0.05) is 25.8 Å². The number of imidazole rings is 1. The maximum atomic E-state index is 13.6. The molecule has 0 spiro atoms. The maximum absolute atomic E-state index is 13.6. The fourth-order valence-electron chi connectivity index (χ4n) is 4.69. The van der Waals surface area contributed by atoms with Crippen molar-refractivity contribution in [3.05, 3.63) is 35.3 Å². The summed E-state index contributed by atoms with van der Waals surface area (Å²) in [6.07, 6.45) is 8.14. The van der Waals surface area contributed by atoms with Gasteiger partial charge in [0.2, 0.25) is 0 Å². The lowest BCUT2D eigenvalue weighted by atomic mass is 10.1. The van der Waals surface area contributed by atoms with Crippen molar-refractivity contribution in [2.45, 2.75) is 73.1 Å². The third-order valence-electron chi connectivity index (χ3n) is 6.84. The van der Waals surface area contributed by atoms with Crippen molar-refractivity contribution < 1.29 is 9.59 Å². The Labute approximate surface area is 211 Å². The van der Waals surface area contributed by atoms with Crippen LogP contribution in [0.2, 0.25) is 0 Å². The lowest BCUT2D eigenvalue weighted by molar-refractivity contribution is 0.0740. The van der Waals surface area contributed by atoms with E-state index < -0.39 is 0 Å². The minimum atomic E-state index is -0.143. The Morgan fingerprint density at radius 1 is 1.06 bits per heavy atom. The molecule has 0 bridgehead atoms. The first-order valence-electron chi connectivity index (χ1n) is 13.6. The van der Waals surface area contributed by atoms with Gasteiger partial charge in [-0.25, -0.2) is 4.98 Å². The molecule has 1 fully saturated rings. The van der Waals surface area contributed by atoms with Crippen LogP contribution >= 0.6 is 0 Å². The molecule has 7 nitrogen and oxygen atoms in total. The summed E-state index contributed by atoms with van der Waals surface area (Å²) in [4.78, 5) is 35.5. The predicted octanol–water partition coefficient (Wildman–Crippen LogP) is 4.65. The van der Waals surface area contributed by atoms with Crippen LogP contribution in [0.25, 0.3) is 5.65 Å². The average Bonchev–Trinajstić information content (AvgIpc) is 3.46. The fraction of sp³-hybridized carbons (Fsp3) is 0.679. The van der Waals surface area contributed by atoms with E-state index in [9.17, 15) is 9.59 Å². The van der Waals surface area contributed by atoms with Gasteiger partial charge in [-0.1, -0.05) is 27.7 Å². The van der Waals surface area contributed by atoms with E-state index >= 15 is 0 Å². The van der Waals surface area contributed by atoms with E-state index in [-0.39, 0.29) is 11.8 Å². The van der Waals surface area contributed by atoms with Crippen LogP contribution in [0.4, 0.5) is 0 Å². The maximum Gasteiger partial charge on any atom is 0.271 e. The van der Waals surface area contributed by atoms with Crippen LogP contribution in [0.3, 0.4) is 0 Å². The second-order valence-corrected chi connectivity index (χ2v) is 10.7. The number of nitrogens with zero attached hydrogens (tertiary/aromatic N) is 4. The number of hydrogen-bond donors (Lipinski definition) is 1. The number of pyridine rings is 1. The summed E-state index contributed by atoms with van der Waals surface area (Å²) in [5, 5.41) is 2.90. The highest BCUT2D eigenvalue weighted by molar-refractivity contribution is 5.96. The second kappa shape index (κ2) is 13.1. The van der Waals surface area contributed by atoms with E-state index in [0.717, 1.165) is 69.7 Å². The van der Waals surface area contributed by atoms with Gasteiger partial charge in [0.25, 0.3) is 11.8 Å². The number of aromatic nitrogens is 2. The highest BCUT2D eigenvalue weighted by atomic mass is 16.2. The van der Waals surface area contributed by atoms with Crippen LogP contribution in [-0.2, 0) is 6.42 Å². The van der Waals surface area contributed by atoms with Gasteiger partial charge in [0.1, 0.15) is 11.3 Å². The molecule has 0 saturated carbocycles. The van der Waals surface area contributed by atoms with Crippen LogP contribution in [-0.4, -0.2) is 70.3 Å². The van der Waals surface area contributed by atoms with Crippen molar-refractivity contribution in [1.82, 2.24) is 24.5 Å². The third kappa shape index (κ3) is 7.53. The summed E-state index contributed by atoms with van der Waals surface area (Å²) in [6, 6.07) is 3.74. The molecular weight excluding hydrogens is 438 g/mol. The quantitative estimate of drug-likeness (QED) is 0.450. The molecule has 2 aromatic heterocycles. The summed E-state index contributed by atoms with van der Waals surface area (Å²) in [5.74, 6) is 1.00. The second-order valence-electron chi connectivity index (χ2n) is 10.7.